The Balaban J connectivity index is 1.30. The van der Waals surface area contributed by atoms with Gasteiger partial charge in [0.15, 0.2) is 17.5 Å². The molecule has 3 heterocycles. The lowest BCUT2D eigenvalue weighted by atomic mass is 9.97. The van der Waals surface area contributed by atoms with Crippen LogP contribution in [0.1, 0.15) is 0 Å². The zero-order chi connectivity index (χ0) is 29.0. The molecule has 0 aliphatic rings. The van der Waals surface area contributed by atoms with Crippen molar-refractivity contribution < 1.29 is 8.83 Å². The molecule has 6 aromatic carbocycles. The first-order valence-corrected chi connectivity index (χ1v) is 14.5. The molecule has 0 N–H and O–H groups in total. The summed E-state index contributed by atoms with van der Waals surface area (Å²) in [7, 11) is 0. The Kier molecular flexibility index (Phi) is 5.43. The maximum atomic E-state index is 6.41. The molecule has 9 rings (SSSR count). The topological polar surface area (TPSA) is 65.0 Å². The molecular formula is C39H23N3O2. The van der Waals surface area contributed by atoms with Gasteiger partial charge in [0, 0.05) is 38.2 Å². The Morgan fingerprint density at radius 1 is 0.341 bits per heavy atom. The van der Waals surface area contributed by atoms with Crippen molar-refractivity contribution in [1.82, 2.24) is 15.0 Å². The van der Waals surface area contributed by atoms with E-state index in [-0.39, 0.29) is 0 Å². The van der Waals surface area contributed by atoms with Crippen molar-refractivity contribution in [1.29, 1.82) is 0 Å². The number of hydrogen-bond donors (Lipinski definition) is 0. The zero-order valence-corrected chi connectivity index (χ0v) is 23.4. The Hall–Kier alpha value is -6.07. The monoisotopic (exact) mass is 565 g/mol. The Labute approximate surface area is 252 Å². The number of para-hydroxylation sites is 2. The molecule has 206 valence electrons. The second-order valence-electron chi connectivity index (χ2n) is 10.8. The SMILES string of the molecule is c1ccc(-c2nc(-c3cc(-c4ccccc4)c4c(c3)oc3ccccc34)nc(-c3ccc4oc5ccccc5c4c3)n2)cc1. The van der Waals surface area contributed by atoms with Gasteiger partial charge in [-0.3, -0.25) is 0 Å². The lowest BCUT2D eigenvalue weighted by Gasteiger charge is -2.11. The van der Waals surface area contributed by atoms with Crippen LogP contribution in [0.5, 0.6) is 0 Å². The van der Waals surface area contributed by atoms with E-state index in [2.05, 4.69) is 48.5 Å². The predicted molar refractivity (Wildman–Crippen MR) is 176 cm³/mol. The third-order valence-electron chi connectivity index (χ3n) is 8.12. The third kappa shape index (κ3) is 3.98. The summed E-state index contributed by atoms with van der Waals surface area (Å²) in [5.74, 6) is 1.77. The maximum Gasteiger partial charge on any atom is 0.164 e. The largest absolute Gasteiger partial charge is 0.456 e. The lowest BCUT2D eigenvalue weighted by Crippen LogP contribution is -2.00. The summed E-state index contributed by atoms with van der Waals surface area (Å²) in [4.78, 5) is 15.1. The first-order chi connectivity index (χ1) is 21.8. The highest BCUT2D eigenvalue weighted by molar-refractivity contribution is 6.13. The Morgan fingerprint density at radius 2 is 0.886 bits per heavy atom. The van der Waals surface area contributed by atoms with Crippen molar-refractivity contribution in [2.75, 3.05) is 0 Å². The van der Waals surface area contributed by atoms with E-state index in [0.29, 0.717) is 17.5 Å². The summed E-state index contributed by atoms with van der Waals surface area (Å²) in [6.45, 7) is 0. The highest BCUT2D eigenvalue weighted by atomic mass is 16.3. The van der Waals surface area contributed by atoms with Crippen molar-refractivity contribution in [3.05, 3.63) is 140 Å². The molecule has 0 radical (unpaired) electrons. The first kappa shape index (κ1) is 24.5. The third-order valence-corrected chi connectivity index (χ3v) is 8.12. The van der Waals surface area contributed by atoms with Crippen molar-refractivity contribution >= 4 is 43.9 Å². The number of furan rings is 2. The van der Waals surface area contributed by atoms with E-state index in [1.165, 1.54) is 0 Å². The van der Waals surface area contributed by atoms with E-state index in [0.717, 1.165) is 71.7 Å². The van der Waals surface area contributed by atoms with E-state index in [1.807, 2.05) is 91.0 Å². The summed E-state index contributed by atoms with van der Waals surface area (Å²) >= 11 is 0. The number of hydrogen-bond acceptors (Lipinski definition) is 5. The van der Waals surface area contributed by atoms with E-state index >= 15 is 0 Å². The quantitative estimate of drug-likeness (QED) is 0.212. The molecule has 5 heteroatoms. The van der Waals surface area contributed by atoms with Gasteiger partial charge in [0.05, 0.1) is 0 Å². The summed E-state index contributed by atoms with van der Waals surface area (Å²) in [6, 6.07) is 47.0. The van der Waals surface area contributed by atoms with Gasteiger partial charge in [0.25, 0.3) is 0 Å². The van der Waals surface area contributed by atoms with Gasteiger partial charge in [-0.1, -0.05) is 97.1 Å². The molecule has 0 atom stereocenters. The van der Waals surface area contributed by atoms with Crippen LogP contribution in [0, 0.1) is 0 Å². The second kappa shape index (κ2) is 9.75. The van der Waals surface area contributed by atoms with Gasteiger partial charge >= 0.3 is 0 Å². The van der Waals surface area contributed by atoms with Crippen LogP contribution in [0.25, 0.3) is 89.2 Å². The minimum absolute atomic E-state index is 0.575. The second-order valence-corrected chi connectivity index (χ2v) is 10.8. The van der Waals surface area contributed by atoms with Gasteiger partial charge in [-0.2, -0.15) is 0 Å². The van der Waals surface area contributed by atoms with Crippen molar-refractivity contribution in [2.24, 2.45) is 0 Å². The molecule has 0 bridgehead atoms. The zero-order valence-electron chi connectivity index (χ0n) is 23.4. The summed E-state index contributed by atoms with van der Waals surface area (Å²) in [5, 5.41) is 4.24. The number of aromatic nitrogens is 3. The van der Waals surface area contributed by atoms with Crippen LogP contribution in [0.15, 0.2) is 148 Å². The molecule has 9 aromatic rings. The minimum atomic E-state index is 0.575. The standard InChI is InChI=1S/C39H23N3O2/c1-3-11-24(12-4-1)30-22-27(23-35-36(30)29-16-8-10-18-33(29)44-35)39-41-37(25-13-5-2-6-14-25)40-38(42-39)26-19-20-34-31(21-26)28-15-7-9-17-32(28)43-34/h1-23H. The molecule has 0 aliphatic heterocycles. The van der Waals surface area contributed by atoms with Crippen LogP contribution < -0.4 is 0 Å². The van der Waals surface area contributed by atoms with Crippen LogP contribution in [0.4, 0.5) is 0 Å². The highest BCUT2D eigenvalue weighted by Gasteiger charge is 2.19. The molecule has 0 unspecified atom stereocenters. The van der Waals surface area contributed by atoms with Gasteiger partial charge in [0.1, 0.15) is 22.3 Å². The number of benzene rings is 6. The first-order valence-electron chi connectivity index (χ1n) is 14.5. The molecule has 0 aliphatic carbocycles. The van der Waals surface area contributed by atoms with Gasteiger partial charge in [0.2, 0.25) is 0 Å². The highest BCUT2D eigenvalue weighted by Crippen LogP contribution is 2.40. The Morgan fingerprint density at radius 3 is 1.64 bits per heavy atom. The molecule has 5 nitrogen and oxygen atoms in total. The number of fused-ring (bicyclic) bond motifs is 6. The van der Waals surface area contributed by atoms with Crippen molar-refractivity contribution in [3.63, 3.8) is 0 Å². The number of nitrogens with zero attached hydrogens (tertiary/aromatic N) is 3. The van der Waals surface area contributed by atoms with Gasteiger partial charge in [-0.15, -0.1) is 0 Å². The van der Waals surface area contributed by atoms with Gasteiger partial charge in [-0.05, 0) is 53.6 Å². The fraction of sp³-hybridized carbons (Fsp3) is 0. The van der Waals surface area contributed by atoms with Gasteiger partial charge < -0.3 is 8.83 Å². The van der Waals surface area contributed by atoms with E-state index in [9.17, 15) is 0 Å². The Bertz CT molecular complexity index is 2500. The molecular weight excluding hydrogens is 542 g/mol. The molecule has 0 fully saturated rings. The van der Waals surface area contributed by atoms with E-state index in [4.69, 9.17) is 23.8 Å². The lowest BCUT2D eigenvalue weighted by molar-refractivity contribution is 0.668. The smallest absolute Gasteiger partial charge is 0.164 e. The van der Waals surface area contributed by atoms with Crippen LogP contribution >= 0.6 is 0 Å². The average Bonchev–Trinajstić information content (AvgIpc) is 3.66. The summed E-state index contributed by atoms with van der Waals surface area (Å²) < 4.78 is 12.5. The molecule has 0 amide bonds. The van der Waals surface area contributed by atoms with Crippen molar-refractivity contribution in [2.45, 2.75) is 0 Å². The van der Waals surface area contributed by atoms with Crippen molar-refractivity contribution in [3.8, 4) is 45.3 Å². The van der Waals surface area contributed by atoms with Crippen LogP contribution in [-0.4, -0.2) is 15.0 Å². The van der Waals surface area contributed by atoms with Crippen LogP contribution in [-0.2, 0) is 0 Å². The predicted octanol–water partition coefficient (Wildman–Crippen LogP) is 10.3. The van der Waals surface area contributed by atoms with Crippen LogP contribution in [0.2, 0.25) is 0 Å². The minimum Gasteiger partial charge on any atom is -0.456 e. The summed E-state index contributed by atoms with van der Waals surface area (Å²) in [6.07, 6.45) is 0. The molecule has 44 heavy (non-hydrogen) atoms. The number of rotatable bonds is 4. The maximum absolute atomic E-state index is 6.41. The molecule has 0 saturated carbocycles. The average molecular weight is 566 g/mol. The fourth-order valence-electron chi connectivity index (χ4n) is 6.04. The fourth-order valence-corrected chi connectivity index (χ4v) is 6.04. The normalized spacial score (nSPS) is 11.6. The van der Waals surface area contributed by atoms with Gasteiger partial charge in [-0.25, -0.2) is 15.0 Å². The van der Waals surface area contributed by atoms with Crippen LogP contribution in [0.3, 0.4) is 0 Å². The summed E-state index contributed by atoms with van der Waals surface area (Å²) in [5.41, 5.74) is 8.14. The molecule has 3 aromatic heterocycles. The molecule has 0 saturated heterocycles. The molecule has 0 spiro atoms. The van der Waals surface area contributed by atoms with E-state index < -0.39 is 0 Å². The van der Waals surface area contributed by atoms with E-state index in [1.54, 1.807) is 0 Å².